The predicted molar refractivity (Wildman–Crippen MR) is 70.9 cm³/mol. The van der Waals surface area contributed by atoms with Crippen LogP contribution in [-0.4, -0.2) is 25.6 Å². The molecule has 1 aromatic rings. The monoisotopic (exact) mass is 268 g/mol. The zero-order valence-electron chi connectivity index (χ0n) is 10.3. The highest BCUT2D eigenvalue weighted by molar-refractivity contribution is 6.32. The molecule has 1 aliphatic rings. The van der Waals surface area contributed by atoms with E-state index in [-0.39, 0.29) is 5.91 Å². The number of piperidine rings is 1. The van der Waals surface area contributed by atoms with Gasteiger partial charge in [-0.2, -0.15) is 0 Å². The highest BCUT2D eigenvalue weighted by Crippen LogP contribution is 2.24. The first kappa shape index (κ1) is 13.2. The number of rotatable bonds is 4. The number of hydrogen-bond acceptors (Lipinski definition) is 3. The molecule has 0 radical (unpaired) electrons. The van der Waals surface area contributed by atoms with Gasteiger partial charge in [0.1, 0.15) is 5.75 Å². The van der Waals surface area contributed by atoms with E-state index < -0.39 is 0 Å². The smallest absolute Gasteiger partial charge is 0.220 e. The Hall–Kier alpha value is -1.26. The zero-order chi connectivity index (χ0) is 13.0. The second-order valence-corrected chi connectivity index (χ2v) is 4.80. The van der Waals surface area contributed by atoms with Gasteiger partial charge < -0.3 is 15.4 Å². The molecule has 2 rings (SSSR count). The fourth-order valence-electron chi connectivity index (χ4n) is 1.99. The molecule has 1 amide bonds. The van der Waals surface area contributed by atoms with Crippen molar-refractivity contribution >= 4 is 17.5 Å². The molecule has 1 aromatic carbocycles. The lowest BCUT2D eigenvalue weighted by Crippen LogP contribution is -2.45. The molecule has 0 aliphatic carbocycles. The second-order valence-electron chi connectivity index (χ2n) is 4.39. The lowest BCUT2D eigenvalue weighted by Gasteiger charge is -2.23. The molecule has 5 heteroatoms. The molecule has 0 spiro atoms. The van der Waals surface area contributed by atoms with Crippen molar-refractivity contribution in [3.63, 3.8) is 0 Å². The van der Waals surface area contributed by atoms with Gasteiger partial charge >= 0.3 is 0 Å². The molecule has 1 fully saturated rings. The molecule has 0 bridgehead atoms. The summed E-state index contributed by atoms with van der Waals surface area (Å²) in [6, 6.07) is 6.08. The van der Waals surface area contributed by atoms with E-state index in [1.54, 1.807) is 7.11 Å². The molecule has 98 valence electrons. The van der Waals surface area contributed by atoms with Crippen LogP contribution in [0.4, 0.5) is 0 Å². The standard InChI is InChI=1S/C13H17ClN2O2/c1-18-12-4-2-9(6-11(12)14)7-15-10-3-5-13(17)16-8-10/h2,4,6,10,15H,3,5,7-8H2,1H3,(H,16,17). The molecule has 1 aliphatic heterocycles. The van der Waals surface area contributed by atoms with Gasteiger partial charge in [-0.25, -0.2) is 0 Å². The molecule has 18 heavy (non-hydrogen) atoms. The van der Waals surface area contributed by atoms with Crippen molar-refractivity contribution in [1.29, 1.82) is 0 Å². The van der Waals surface area contributed by atoms with Gasteiger partial charge in [0, 0.05) is 25.6 Å². The summed E-state index contributed by atoms with van der Waals surface area (Å²) >= 11 is 6.06. The van der Waals surface area contributed by atoms with E-state index in [0.29, 0.717) is 29.8 Å². The molecule has 1 heterocycles. The Morgan fingerprint density at radius 2 is 2.39 bits per heavy atom. The number of hydrogen-bond donors (Lipinski definition) is 2. The van der Waals surface area contributed by atoms with Crippen LogP contribution in [0.25, 0.3) is 0 Å². The maximum Gasteiger partial charge on any atom is 0.220 e. The Kier molecular flexibility index (Phi) is 4.44. The fourth-order valence-corrected chi connectivity index (χ4v) is 2.27. The molecule has 2 N–H and O–H groups in total. The lowest BCUT2D eigenvalue weighted by molar-refractivity contribution is -0.122. The van der Waals surface area contributed by atoms with Gasteiger partial charge in [0.25, 0.3) is 0 Å². The lowest BCUT2D eigenvalue weighted by atomic mass is 10.1. The van der Waals surface area contributed by atoms with Crippen LogP contribution in [-0.2, 0) is 11.3 Å². The summed E-state index contributed by atoms with van der Waals surface area (Å²) in [5.74, 6) is 0.825. The van der Waals surface area contributed by atoms with Crippen molar-refractivity contribution in [2.45, 2.75) is 25.4 Å². The third-order valence-electron chi connectivity index (χ3n) is 3.08. The summed E-state index contributed by atoms with van der Waals surface area (Å²) in [5.41, 5.74) is 1.11. The van der Waals surface area contributed by atoms with Gasteiger partial charge in [-0.05, 0) is 24.1 Å². The van der Waals surface area contributed by atoms with Gasteiger partial charge in [0.05, 0.1) is 12.1 Å². The van der Waals surface area contributed by atoms with E-state index in [9.17, 15) is 4.79 Å². The van der Waals surface area contributed by atoms with Crippen molar-refractivity contribution in [3.05, 3.63) is 28.8 Å². The highest BCUT2D eigenvalue weighted by atomic mass is 35.5. The van der Waals surface area contributed by atoms with Crippen molar-refractivity contribution < 1.29 is 9.53 Å². The number of methoxy groups -OCH3 is 1. The molecule has 0 saturated carbocycles. The zero-order valence-corrected chi connectivity index (χ0v) is 11.1. The maximum atomic E-state index is 11.0. The van der Waals surface area contributed by atoms with Crippen LogP contribution >= 0.6 is 11.6 Å². The first-order valence-electron chi connectivity index (χ1n) is 6.01. The summed E-state index contributed by atoms with van der Waals surface area (Å²) in [6.45, 7) is 1.44. The SMILES string of the molecule is COc1ccc(CNC2CCC(=O)NC2)cc1Cl. The molecule has 1 atom stereocenters. The number of ether oxygens (including phenoxy) is 1. The molecule has 1 unspecified atom stereocenters. The van der Waals surface area contributed by atoms with Gasteiger partial charge in [0.2, 0.25) is 5.91 Å². The Morgan fingerprint density at radius 3 is 3.00 bits per heavy atom. The van der Waals surface area contributed by atoms with Gasteiger partial charge in [0.15, 0.2) is 0 Å². The van der Waals surface area contributed by atoms with E-state index >= 15 is 0 Å². The second kappa shape index (κ2) is 6.07. The minimum absolute atomic E-state index is 0.139. The van der Waals surface area contributed by atoms with Crippen LogP contribution in [0.5, 0.6) is 5.75 Å². The number of halogens is 1. The van der Waals surface area contributed by atoms with Gasteiger partial charge in [-0.3, -0.25) is 4.79 Å². The van der Waals surface area contributed by atoms with Gasteiger partial charge in [-0.15, -0.1) is 0 Å². The Labute approximate surface area is 112 Å². The summed E-state index contributed by atoms with van der Waals surface area (Å²) < 4.78 is 5.11. The summed E-state index contributed by atoms with van der Waals surface area (Å²) in [4.78, 5) is 11.0. The summed E-state index contributed by atoms with van der Waals surface area (Å²) in [5, 5.41) is 6.88. The summed E-state index contributed by atoms with van der Waals surface area (Å²) in [6.07, 6.45) is 1.48. The van der Waals surface area contributed by atoms with Crippen LogP contribution in [0.2, 0.25) is 5.02 Å². The number of amides is 1. The third-order valence-corrected chi connectivity index (χ3v) is 3.37. The maximum absolute atomic E-state index is 11.0. The normalized spacial score (nSPS) is 19.4. The van der Waals surface area contributed by atoms with Crippen LogP contribution < -0.4 is 15.4 Å². The van der Waals surface area contributed by atoms with Crippen molar-refractivity contribution in [2.24, 2.45) is 0 Å². The topological polar surface area (TPSA) is 50.4 Å². The average molecular weight is 269 g/mol. The Balaban J connectivity index is 1.86. The summed E-state index contributed by atoms with van der Waals surface area (Å²) in [7, 11) is 1.60. The minimum Gasteiger partial charge on any atom is -0.495 e. The van der Waals surface area contributed by atoms with E-state index in [1.165, 1.54) is 0 Å². The largest absolute Gasteiger partial charge is 0.495 e. The van der Waals surface area contributed by atoms with Crippen LogP contribution in [0, 0.1) is 0 Å². The minimum atomic E-state index is 0.139. The van der Waals surface area contributed by atoms with Crippen LogP contribution in [0.15, 0.2) is 18.2 Å². The third kappa shape index (κ3) is 3.37. The van der Waals surface area contributed by atoms with Crippen molar-refractivity contribution in [3.8, 4) is 5.75 Å². The number of nitrogens with one attached hydrogen (secondary N) is 2. The predicted octanol–water partition coefficient (Wildman–Crippen LogP) is 1.72. The van der Waals surface area contributed by atoms with E-state index in [0.717, 1.165) is 18.5 Å². The number of carbonyl (C=O) groups excluding carboxylic acids is 1. The average Bonchev–Trinajstić information content (AvgIpc) is 2.38. The Bertz CT molecular complexity index is 427. The van der Waals surface area contributed by atoms with Crippen LogP contribution in [0.1, 0.15) is 18.4 Å². The molecular weight excluding hydrogens is 252 g/mol. The van der Waals surface area contributed by atoms with Crippen molar-refractivity contribution in [2.75, 3.05) is 13.7 Å². The quantitative estimate of drug-likeness (QED) is 0.874. The molecule has 0 aromatic heterocycles. The first-order valence-corrected chi connectivity index (χ1v) is 6.39. The Morgan fingerprint density at radius 1 is 1.56 bits per heavy atom. The molecular formula is C13H17ClN2O2. The van der Waals surface area contributed by atoms with E-state index in [2.05, 4.69) is 10.6 Å². The first-order chi connectivity index (χ1) is 8.69. The van der Waals surface area contributed by atoms with E-state index in [1.807, 2.05) is 18.2 Å². The van der Waals surface area contributed by atoms with E-state index in [4.69, 9.17) is 16.3 Å². The van der Waals surface area contributed by atoms with Crippen molar-refractivity contribution in [1.82, 2.24) is 10.6 Å². The van der Waals surface area contributed by atoms with Gasteiger partial charge in [-0.1, -0.05) is 17.7 Å². The molecule has 4 nitrogen and oxygen atoms in total. The number of carbonyl (C=O) groups is 1. The number of benzene rings is 1. The molecule has 1 saturated heterocycles. The van der Waals surface area contributed by atoms with Crippen LogP contribution in [0.3, 0.4) is 0 Å². The fraction of sp³-hybridized carbons (Fsp3) is 0.462. The highest BCUT2D eigenvalue weighted by Gasteiger charge is 2.17.